The molecule has 0 amide bonds. The third kappa shape index (κ3) is 3.56. The highest BCUT2D eigenvalue weighted by Crippen LogP contribution is 2.20. The fraction of sp³-hybridized carbons (Fsp3) is 0.188. The third-order valence-electron chi connectivity index (χ3n) is 2.59. The minimum atomic E-state index is 0.0270. The Kier molecular flexibility index (Phi) is 4.58. The first kappa shape index (κ1) is 14.1. The van der Waals surface area contributed by atoms with Gasteiger partial charge >= 0.3 is 0 Å². The van der Waals surface area contributed by atoms with Crippen LogP contribution in [0.2, 0.25) is 0 Å². The lowest BCUT2D eigenvalue weighted by atomic mass is 10.0. The van der Waals surface area contributed by atoms with Crippen LogP contribution in [0, 0.1) is 3.57 Å². The normalized spacial score (nSPS) is 10.5. The zero-order valence-corrected chi connectivity index (χ0v) is 13.0. The molecule has 0 fully saturated rings. The fourth-order valence-electron chi connectivity index (χ4n) is 1.78. The Balaban J connectivity index is 2.32. The lowest BCUT2D eigenvalue weighted by Gasteiger charge is -2.11. The Morgan fingerprint density at radius 2 is 1.84 bits per heavy atom. The minimum absolute atomic E-state index is 0.0270. The quantitative estimate of drug-likeness (QED) is 0.596. The van der Waals surface area contributed by atoms with Crippen molar-refractivity contribution >= 4 is 28.4 Å². The maximum atomic E-state index is 12.4. The van der Waals surface area contributed by atoms with Crippen LogP contribution >= 0.6 is 22.6 Å². The van der Waals surface area contributed by atoms with Crippen molar-refractivity contribution in [2.75, 3.05) is 0 Å². The van der Waals surface area contributed by atoms with Gasteiger partial charge in [0.25, 0.3) is 0 Å². The van der Waals surface area contributed by atoms with E-state index in [-0.39, 0.29) is 11.9 Å². The minimum Gasteiger partial charge on any atom is -0.491 e. The molecule has 98 valence electrons. The number of halogens is 1. The summed E-state index contributed by atoms with van der Waals surface area (Å²) in [5, 5.41) is 0. The van der Waals surface area contributed by atoms with Crippen LogP contribution in [-0.2, 0) is 0 Å². The van der Waals surface area contributed by atoms with Crippen LogP contribution in [0.1, 0.15) is 29.8 Å². The number of benzene rings is 2. The maximum absolute atomic E-state index is 12.4. The molecule has 2 nitrogen and oxygen atoms in total. The van der Waals surface area contributed by atoms with E-state index >= 15 is 0 Å². The second kappa shape index (κ2) is 6.19. The molecule has 0 aliphatic rings. The molecule has 0 aromatic heterocycles. The molecule has 2 rings (SSSR count). The van der Waals surface area contributed by atoms with Gasteiger partial charge in [0.05, 0.1) is 6.10 Å². The van der Waals surface area contributed by atoms with Crippen molar-refractivity contribution in [3.63, 3.8) is 0 Å². The largest absolute Gasteiger partial charge is 0.491 e. The van der Waals surface area contributed by atoms with Crippen molar-refractivity contribution < 1.29 is 9.53 Å². The molecule has 2 aromatic carbocycles. The van der Waals surface area contributed by atoms with Gasteiger partial charge in [0.2, 0.25) is 0 Å². The van der Waals surface area contributed by atoms with Gasteiger partial charge in [-0.3, -0.25) is 4.79 Å². The SMILES string of the molecule is CC(C)Oc1cccc(C(=O)c2ccccc2I)c1. The lowest BCUT2D eigenvalue weighted by molar-refractivity contribution is 0.103. The average molecular weight is 366 g/mol. The standard InChI is InChI=1S/C16H15IO2/c1-11(2)19-13-7-5-6-12(10-13)16(18)14-8-3-4-9-15(14)17/h3-11H,1-2H3. The summed E-state index contributed by atoms with van der Waals surface area (Å²) in [7, 11) is 0. The van der Waals surface area contributed by atoms with Gasteiger partial charge in [-0.1, -0.05) is 24.3 Å². The number of ketones is 1. The van der Waals surface area contributed by atoms with Crippen LogP contribution in [0.15, 0.2) is 48.5 Å². The molecule has 0 N–H and O–H groups in total. The zero-order valence-electron chi connectivity index (χ0n) is 10.9. The smallest absolute Gasteiger partial charge is 0.194 e. The molecule has 0 atom stereocenters. The summed E-state index contributed by atoms with van der Waals surface area (Å²) in [5.74, 6) is 0.756. The fourth-order valence-corrected chi connectivity index (χ4v) is 2.42. The molecule has 0 radical (unpaired) electrons. The van der Waals surface area contributed by atoms with Gasteiger partial charge in [0.15, 0.2) is 5.78 Å². The summed E-state index contributed by atoms with van der Waals surface area (Å²) in [6.07, 6.45) is 0.0993. The Hall–Kier alpha value is -1.36. The monoisotopic (exact) mass is 366 g/mol. The first-order valence-electron chi connectivity index (χ1n) is 6.14. The summed E-state index contributed by atoms with van der Waals surface area (Å²) in [6, 6.07) is 14.9. The van der Waals surface area contributed by atoms with Crippen LogP contribution < -0.4 is 4.74 Å². The Bertz CT molecular complexity index is 591. The summed E-state index contributed by atoms with van der Waals surface area (Å²) in [4.78, 5) is 12.4. The van der Waals surface area contributed by atoms with E-state index < -0.39 is 0 Å². The topological polar surface area (TPSA) is 26.3 Å². The molecule has 19 heavy (non-hydrogen) atoms. The van der Waals surface area contributed by atoms with Crippen LogP contribution in [0.25, 0.3) is 0 Å². The molecular weight excluding hydrogens is 351 g/mol. The predicted octanol–water partition coefficient (Wildman–Crippen LogP) is 4.31. The molecule has 0 heterocycles. The molecule has 0 aliphatic carbocycles. The Morgan fingerprint density at radius 3 is 2.53 bits per heavy atom. The molecule has 0 spiro atoms. The van der Waals surface area contributed by atoms with Gasteiger partial charge in [0, 0.05) is 14.7 Å². The number of ether oxygens (including phenoxy) is 1. The van der Waals surface area contributed by atoms with Crippen molar-refractivity contribution in [2.24, 2.45) is 0 Å². The van der Waals surface area contributed by atoms with Gasteiger partial charge in [-0.15, -0.1) is 0 Å². The summed E-state index contributed by atoms with van der Waals surface area (Å²) < 4.78 is 6.58. The molecule has 0 aliphatic heterocycles. The predicted molar refractivity (Wildman–Crippen MR) is 84.8 cm³/mol. The van der Waals surface area contributed by atoms with Crippen LogP contribution in [-0.4, -0.2) is 11.9 Å². The van der Waals surface area contributed by atoms with E-state index in [1.165, 1.54) is 0 Å². The molecule has 0 unspecified atom stereocenters. The van der Waals surface area contributed by atoms with Gasteiger partial charge in [-0.05, 0) is 60.7 Å². The van der Waals surface area contributed by atoms with E-state index in [1.54, 1.807) is 6.07 Å². The molecular formula is C16H15IO2. The van der Waals surface area contributed by atoms with Crippen molar-refractivity contribution in [1.82, 2.24) is 0 Å². The average Bonchev–Trinajstić information content (AvgIpc) is 2.38. The second-order valence-corrected chi connectivity index (χ2v) is 5.67. The number of hydrogen-bond donors (Lipinski definition) is 0. The summed E-state index contributed by atoms with van der Waals surface area (Å²) >= 11 is 2.18. The number of carbonyl (C=O) groups is 1. The third-order valence-corrected chi connectivity index (χ3v) is 3.53. The van der Waals surface area contributed by atoms with Crippen molar-refractivity contribution in [3.05, 3.63) is 63.2 Å². The molecule has 2 aromatic rings. The molecule has 0 bridgehead atoms. The Labute approximate surface area is 126 Å². The summed E-state index contributed by atoms with van der Waals surface area (Å²) in [5.41, 5.74) is 1.38. The first-order valence-corrected chi connectivity index (χ1v) is 7.22. The van der Waals surface area contributed by atoms with E-state index in [4.69, 9.17) is 4.74 Å². The van der Waals surface area contributed by atoms with Crippen molar-refractivity contribution in [3.8, 4) is 5.75 Å². The van der Waals surface area contributed by atoms with Crippen molar-refractivity contribution in [2.45, 2.75) is 20.0 Å². The van der Waals surface area contributed by atoms with Crippen molar-refractivity contribution in [1.29, 1.82) is 0 Å². The second-order valence-electron chi connectivity index (χ2n) is 4.50. The zero-order chi connectivity index (χ0) is 13.8. The van der Waals surface area contributed by atoms with Gasteiger partial charge in [0.1, 0.15) is 5.75 Å². The molecule has 3 heteroatoms. The highest BCUT2D eigenvalue weighted by molar-refractivity contribution is 14.1. The van der Waals surface area contributed by atoms with Gasteiger partial charge in [-0.2, -0.15) is 0 Å². The van der Waals surface area contributed by atoms with Gasteiger partial charge < -0.3 is 4.74 Å². The van der Waals surface area contributed by atoms with Crippen LogP contribution in [0.4, 0.5) is 0 Å². The Morgan fingerprint density at radius 1 is 1.11 bits per heavy atom. The van der Waals surface area contributed by atoms with Gasteiger partial charge in [-0.25, -0.2) is 0 Å². The highest BCUT2D eigenvalue weighted by atomic mass is 127. The van der Waals surface area contributed by atoms with E-state index in [0.29, 0.717) is 5.56 Å². The summed E-state index contributed by atoms with van der Waals surface area (Å²) in [6.45, 7) is 3.93. The van der Waals surface area contributed by atoms with E-state index in [1.807, 2.05) is 56.3 Å². The maximum Gasteiger partial charge on any atom is 0.194 e. The number of carbonyl (C=O) groups excluding carboxylic acids is 1. The first-order chi connectivity index (χ1) is 9.08. The number of rotatable bonds is 4. The lowest BCUT2D eigenvalue weighted by Crippen LogP contribution is -2.07. The van der Waals surface area contributed by atoms with Crippen LogP contribution in [0.5, 0.6) is 5.75 Å². The van der Waals surface area contributed by atoms with Crippen LogP contribution in [0.3, 0.4) is 0 Å². The van der Waals surface area contributed by atoms with E-state index in [0.717, 1.165) is 14.9 Å². The highest BCUT2D eigenvalue weighted by Gasteiger charge is 2.12. The molecule has 0 saturated carbocycles. The van der Waals surface area contributed by atoms with E-state index in [2.05, 4.69) is 22.6 Å². The molecule has 0 saturated heterocycles. The van der Waals surface area contributed by atoms with E-state index in [9.17, 15) is 4.79 Å². The number of hydrogen-bond acceptors (Lipinski definition) is 2.